The number of nitro benzene ring substituents is 1. The summed E-state index contributed by atoms with van der Waals surface area (Å²) in [5.74, 6) is 0. The first-order chi connectivity index (χ1) is 17.9. The summed E-state index contributed by atoms with van der Waals surface area (Å²) in [5, 5.41) is 18.9. The Morgan fingerprint density at radius 1 is 1.06 bits per heavy atom. The summed E-state index contributed by atoms with van der Waals surface area (Å²) in [7, 11) is -3.94. The zero-order valence-corrected chi connectivity index (χ0v) is 21.7. The second-order valence-electron chi connectivity index (χ2n) is 8.59. The molecular formula is C23H41N5O6S. The first kappa shape index (κ1) is 24.4. The van der Waals surface area contributed by atoms with E-state index in [1.807, 2.05) is 0 Å². The van der Waals surface area contributed by atoms with Crippen LogP contribution in [0, 0.1) is 10.1 Å². The van der Waals surface area contributed by atoms with E-state index in [0.717, 1.165) is 28.6 Å². The topological polar surface area (TPSA) is 143 Å². The molecule has 35 heavy (non-hydrogen) atoms. The number of nitro groups is 1. The number of amides is 1. The number of non-ortho nitro benzene ring substituents is 1. The van der Waals surface area contributed by atoms with Crippen LogP contribution in [-0.4, -0.2) is 75.1 Å². The summed E-state index contributed by atoms with van der Waals surface area (Å²) in [6, 6.07) is 4.56. The van der Waals surface area contributed by atoms with Crippen molar-refractivity contribution in [1.29, 1.82) is 0 Å². The van der Waals surface area contributed by atoms with Gasteiger partial charge in [0.2, 0.25) is 10.0 Å². The van der Waals surface area contributed by atoms with Crippen LogP contribution in [0.5, 0.6) is 0 Å². The van der Waals surface area contributed by atoms with Gasteiger partial charge in [-0.1, -0.05) is 6.92 Å². The Morgan fingerprint density at radius 3 is 2.14 bits per heavy atom. The number of benzene rings is 1. The molecule has 11 nitrogen and oxygen atoms in total. The molecule has 1 rings (SSSR count). The number of sulfonamides is 1. The number of carbonyl (C=O) groups is 1. The highest BCUT2D eigenvalue weighted by atomic mass is 32.2. The van der Waals surface area contributed by atoms with Crippen LogP contribution in [-0.2, 0) is 14.8 Å². The molecule has 1 amide bonds. The number of hydrogen-bond donors (Lipinski definition) is 3. The smallest absolute Gasteiger partial charge is 0.407 e. The third-order valence-corrected chi connectivity index (χ3v) is 6.53. The van der Waals surface area contributed by atoms with Crippen molar-refractivity contribution in [3.63, 3.8) is 0 Å². The summed E-state index contributed by atoms with van der Waals surface area (Å²) in [6.07, 6.45) is 0.446. The molecule has 0 aromatic heterocycles. The lowest BCUT2D eigenvalue weighted by molar-refractivity contribution is -0.384. The molecule has 12 heteroatoms. The van der Waals surface area contributed by atoms with Crippen molar-refractivity contribution in [3.05, 3.63) is 34.4 Å². The Hall–Kier alpha value is -2.28. The molecule has 1 aromatic carbocycles. The summed E-state index contributed by atoms with van der Waals surface area (Å²) in [5.41, 5.74) is -0.855. The highest BCUT2D eigenvalue weighted by molar-refractivity contribution is 7.89. The summed E-state index contributed by atoms with van der Waals surface area (Å²) < 4.78 is 64.3. The maximum atomic E-state index is 12.9. The number of rotatable bonds is 17. The predicted molar refractivity (Wildman–Crippen MR) is 136 cm³/mol. The number of alkyl carbamates (subject to hydrolysis) is 1. The van der Waals surface area contributed by atoms with Crippen LogP contribution >= 0.6 is 0 Å². The number of nitrogens with one attached hydrogen (secondary N) is 3. The SMILES string of the molecule is [2H]C([2H])(CCNC(=O)OC(C)(C)C)NCCCCNC([2H])([2H])CCN(CC)S(=O)(=O)c1ccc([N+](=O)[O-])cc1. The van der Waals surface area contributed by atoms with Crippen molar-refractivity contribution in [2.45, 2.75) is 63.9 Å². The maximum Gasteiger partial charge on any atom is 0.407 e. The number of nitrogens with zero attached hydrogens (tertiary/aromatic N) is 2. The van der Waals surface area contributed by atoms with E-state index in [9.17, 15) is 23.3 Å². The zero-order valence-electron chi connectivity index (χ0n) is 24.9. The molecule has 0 aliphatic carbocycles. The average Bonchev–Trinajstić information content (AvgIpc) is 2.80. The minimum Gasteiger partial charge on any atom is -0.444 e. The van der Waals surface area contributed by atoms with E-state index in [1.165, 1.54) is 0 Å². The molecule has 0 radical (unpaired) electrons. The van der Waals surface area contributed by atoms with Gasteiger partial charge in [-0.3, -0.25) is 10.1 Å². The van der Waals surface area contributed by atoms with Crippen molar-refractivity contribution in [2.75, 3.05) is 45.7 Å². The fourth-order valence-corrected chi connectivity index (χ4v) is 4.29. The lowest BCUT2D eigenvalue weighted by Crippen LogP contribution is -2.34. The lowest BCUT2D eigenvalue weighted by Gasteiger charge is -2.20. The van der Waals surface area contributed by atoms with E-state index in [0.29, 0.717) is 25.9 Å². The standard InChI is InChI=1S/C23H41N5O6S/c1-5-27(35(32,33)21-12-10-20(11-13-21)28(30)31)19-9-17-25-15-7-6-14-24-16-8-18-26-22(29)34-23(2,3)4/h10-13,24-25H,5-9,14-19H2,1-4H3,(H,26,29)/i16D2,17D2. The number of ether oxygens (including phenoxy) is 1. The van der Waals surface area contributed by atoms with Gasteiger partial charge in [-0.2, -0.15) is 4.31 Å². The monoisotopic (exact) mass is 519 g/mol. The minimum absolute atomic E-state index is 0.0454. The molecule has 0 aliphatic heterocycles. The van der Waals surface area contributed by atoms with E-state index in [2.05, 4.69) is 16.0 Å². The van der Waals surface area contributed by atoms with E-state index < -0.39 is 39.6 Å². The largest absolute Gasteiger partial charge is 0.444 e. The van der Waals surface area contributed by atoms with Gasteiger partial charge in [-0.05, 0) is 84.7 Å². The molecule has 0 heterocycles. The Morgan fingerprint density at radius 2 is 1.63 bits per heavy atom. The normalized spacial score (nSPS) is 14.5. The fourth-order valence-electron chi connectivity index (χ4n) is 2.84. The van der Waals surface area contributed by atoms with Crippen molar-refractivity contribution in [1.82, 2.24) is 20.3 Å². The molecule has 0 bridgehead atoms. The van der Waals surface area contributed by atoms with Crippen LogP contribution in [0.2, 0.25) is 0 Å². The molecule has 1 aromatic rings. The zero-order chi connectivity index (χ0) is 29.9. The van der Waals surface area contributed by atoms with Crippen molar-refractivity contribution in [2.24, 2.45) is 0 Å². The summed E-state index contributed by atoms with van der Waals surface area (Å²) in [6.45, 7) is 4.08. The Bertz CT molecular complexity index is 1040. The highest BCUT2D eigenvalue weighted by Crippen LogP contribution is 2.19. The summed E-state index contributed by atoms with van der Waals surface area (Å²) >= 11 is 0. The summed E-state index contributed by atoms with van der Waals surface area (Å²) in [4.78, 5) is 21.7. The van der Waals surface area contributed by atoms with Gasteiger partial charge >= 0.3 is 6.09 Å². The lowest BCUT2D eigenvalue weighted by atomic mass is 10.2. The Balaban J connectivity index is 2.39. The third-order valence-electron chi connectivity index (χ3n) is 4.55. The van der Waals surface area contributed by atoms with Gasteiger partial charge in [0.15, 0.2) is 0 Å². The quantitative estimate of drug-likeness (QED) is 0.162. The average molecular weight is 520 g/mol. The van der Waals surface area contributed by atoms with Gasteiger partial charge in [-0.25, -0.2) is 13.2 Å². The third kappa shape index (κ3) is 12.8. The van der Waals surface area contributed by atoms with Gasteiger partial charge < -0.3 is 20.7 Å². The first-order valence-electron chi connectivity index (χ1n) is 13.6. The van der Waals surface area contributed by atoms with Crippen LogP contribution < -0.4 is 16.0 Å². The second kappa shape index (κ2) is 15.7. The molecular weight excluding hydrogens is 474 g/mol. The molecule has 200 valence electrons. The molecule has 0 saturated heterocycles. The van der Waals surface area contributed by atoms with Crippen LogP contribution in [0.3, 0.4) is 0 Å². The predicted octanol–water partition coefficient (Wildman–Crippen LogP) is 2.87. The van der Waals surface area contributed by atoms with Gasteiger partial charge in [-0.15, -0.1) is 0 Å². The van der Waals surface area contributed by atoms with Crippen LogP contribution in [0.1, 0.15) is 58.9 Å². The van der Waals surface area contributed by atoms with Gasteiger partial charge in [0.05, 0.1) is 9.82 Å². The van der Waals surface area contributed by atoms with Gasteiger partial charge in [0.1, 0.15) is 5.60 Å². The van der Waals surface area contributed by atoms with E-state index >= 15 is 0 Å². The van der Waals surface area contributed by atoms with Crippen LogP contribution in [0.4, 0.5) is 10.5 Å². The van der Waals surface area contributed by atoms with Gasteiger partial charge in [0, 0.05) is 37.3 Å². The maximum absolute atomic E-state index is 12.9. The molecule has 0 unspecified atom stereocenters. The Kier molecular flexibility index (Phi) is 10.9. The van der Waals surface area contributed by atoms with Crippen molar-refractivity contribution >= 4 is 21.8 Å². The molecule has 0 atom stereocenters. The Labute approximate surface area is 214 Å². The van der Waals surface area contributed by atoms with Crippen molar-refractivity contribution in [3.8, 4) is 0 Å². The van der Waals surface area contributed by atoms with E-state index in [4.69, 9.17) is 10.2 Å². The number of unbranched alkanes of at least 4 members (excludes halogenated alkanes) is 1. The highest BCUT2D eigenvalue weighted by Gasteiger charge is 2.23. The first-order valence-corrected chi connectivity index (χ1v) is 13.0. The molecule has 0 aliphatic rings. The van der Waals surface area contributed by atoms with Crippen LogP contribution in [0.15, 0.2) is 29.2 Å². The van der Waals surface area contributed by atoms with E-state index in [1.54, 1.807) is 27.7 Å². The van der Waals surface area contributed by atoms with Gasteiger partial charge in [0.25, 0.3) is 5.69 Å². The van der Waals surface area contributed by atoms with Crippen molar-refractivity contribution < 1.29 is 28.4 Å². The molecule has 3 N–H and O–H groups in total. The minimum atomic E-state index is -3.94. The second-order valence-corrected chi connectivity index (χ2v) is 10.5. The number of carbonyl (C=O) groups excluding carboxylic acids is 1. The fraction of sp³-hybridized carbons (Fsp3) is 0.696. The van der Waals surface area contributed by atoms with E-state index in [-0.39, 0.29) is 43.1 Å². The molecule has 0 spiro atoms. The van der Waals surface area contributed by atoms with Crippen LogP contribution in [0.25, 0.3) is 0 Å². The molecule has 0 fully saturated rings. The molecule has 0 saturated carbocycles. The number of hydrogen-bond acceptors (Lipinski definition) is 8.